The molecule has 0 radical (unpaired) electrons. The first-order valence-electron chi connectivity index (χ1n) is 14.4. The Morgan fingerprint density at radius 1 is 1.05 bits per heavy atom. The first kappa shape index (κ1) is 32.5. The van der Waals surface area contributed by atoms with Crippen LogP contribution in [0.15, 0.2) is 78.9 Å². The van der Waals surface area contributed by atoms with E-state index in [1.54, 1.807) is 0 Å². The molecule has 4 aromatic rings. The Kier molecular flexibility index (Phi) is 10.8. The van der Waals surface area contributed by atoms with Crippen molar-refractivity contribution in [3.05, 3.63) is 112 Å². The summed E-state index contributed by atoms with van der Waals surface area (Å²) >= 11 is 1.85. The van der Waals surface area contributed by atoms with Crippen LogP contribution in [0.4, 0.5) is 0 Å². The van der Waals surface area contributed by atoms with Crippen molar-refractivity contribution in [1.82, 2.24) is 4.98 Å². The van der Waals surface area contributed by atoms with E-state index in [4.69, 9.17) is 4.98 Å². The van der Waals surface area contributed by atoms with Crippen molar-refractivity contribution < 1.29 is 44.6 Å². The van der Waals surface area contributed by atoms with E-state index in [1.165, 1.54) is 11.1 Å². The number of hydrogen-bond acceptors (Lipinski definition) is 5. The van der Waals surface area contributed by atoms with E-state index >= 15 is 0 Å². The van der Waals surface area contributed by atoms with Crippen LogP contribution in [0.3, 0.4) is 0 Å². The average molecular weight is 588 g/mol. The molecule has 0 bridgehead atoms. The molecule has 0 amide bonds. The molecule has 0 aliphatic heterocycles. The Morgan fingerprint density at radius 3 is 2.55 bits per heavy atom. The first-order chi connectivity index (χ1) is 19.6. The molecule has 1 saturated carbocycles. The molecule has 1 atom stereocenters. The number of carboxylic acids is 1. The standard InChI is InChI=1S/C36H39NO3S.Na/c1-25-11-13-28-14-17-30(37-32(28)21-25)16-12-26-7-6-9-29(22-26)33(41-24-36(19-20-36)23-34(38)39)18-15-27-8-4-5-10-31(27)35(2,3)40;/h4-14,16-17,21-22,33,40H,15,18-20,23-24H2,1-3H3,(H,38,39);/q;+1/p-1/b16-12+;/t33-;/m1./s1. The van der Waals surface area contributed by atoms with Gasteiger partial charge in [0.25, 0.3) is 0 Å². The van der Waals surface area contributed by atoms with Gasteiger partial charge in [-0.05, 0) is 110 Å². The van der Waals surface area contributed by atoms with E-state index in [0.717, 1.165) is 64.7 Å². The maximum Gasteiger partial charge on any atom is 1.00 e. The summed E-state index contributed by atoms with van der Waals surface area (Å²) in [6.45, 7) is 5.74. The summed E-state index contributed by atoms with van der Waals surface area (Å²) < 4.78 is 0. The first-order valence-corrected chi connectivity index (χ1v) is 15.4. The number of nitrogens with zero attached hydrogens (tertiary/aromatic N) is 1. The van der Waals surface area contributed by atoms with Gasteiger partial charge < -0.3 is 15.0 Å². The van der Waals surface area contributed by atoms with Crippen LogP contribution in [-0.2, 0) is 16.8 Å². The number of aliphatic carboxylic acids is 1. The zero-order chi connectivity index (χ0) is 29.0. The zero-order valence-electron chi connectivity index (χ0n) is 25.1. The number of pyridine rings is 1. The monoisotopic (exact) mass is 587 g/mol. The third-order valence-electron chi connectivity index (χ3n) is 8.02. The SMILES string of the molecule is Cc1ccc2ccc(/C=C/c3cccc([C@@H](CCc4ccccc4C(C)(C)O)SCC4(CC(=O)[O-])CC4)c3)nc2c1.[Na+]. The van der Waals surface area contributed by atoms with Crippen LogP contribution in [-0.4, -0.2) is 21.8 Å². The smallest absolute Gasteiger partial charge is 0.550 e. The van der Waals surface area contributed by atoms with Gasteiger partial charge in [0.05, 0.1) is 16.8 Å². The van der Waals surface area contributed by atoms with Crippen LogP contribution < -0.4 is 34.7 Å². The summed E-state index contributed by atoms with van der Waals surface area (Å²) in [5.41, 5.74) is 6.49. The molecular formula is C36H38NNaO3S. The Balaban J connectivity index is 0.00000405. The second-order valence-electron chi connectivity index (χ2n) is 12.0. The number of aromatic nitrogens is 1. The molecular weight excluding hydrogens is 549 g/mol. The van der Waals surface area contributed by atoms with E-state index in [-0.39, 0.29) is 46.6 Å². The molecule has 1 heterocycles. The summed E-state index contributed by atoms with van der Waals surface area (Å²) in [6.07, 6.45) is 7.91. The van der Waals surface area contributed by atoms with Crippen LogP contribution >= 0.6 is 11.8 Å². The van der Waals surface area contributed by atoms with Crippen LogP contribution in [0.5, 0.6) is 0 Å². The van der Waals surface area contributed by atoms with Crippen molar-refractivity contribution in [3.63, 3.8) is 0 Å². The predicted octanol–water partition coefficient (Wildman–Crippen LogP) is 4.27. The fourth-order valence-electron chi connectivity index (χ4n) is 5.48. The predicted molar refractivity (Wildman–Crippen MR) is 168 cm³/mol. The van der Waals surface area contributed by atoms with Crippen LogP contribution in [0.25, 0.3) is 23.1 Å². The number of carbonyl (C=O) groups is 1. The van der Waals surface area contributed by atoms with Crippen LogP contribution in [0.1, 0.15) is 78.3 Å². The summed E-state index contributed by atoms with van der Waals surface area (Å²) in [6, 6.07) is 27.2. The Hall–Kier alpha value is -2.41. The van der Waals surface area contributed by atoms with Gasteiger partial charge in [-0.2, -0.15) is 11.8 Å². The van der Waals surface area contributed by atoms with Crippen LogP contribution in [0, 0.1) is 12.3 Å². The second-order valence-corrected chi connectivity index (χ2v) is 13.2. The van der Waals surface area contributed by atoms with Gasteiger partial charge in [0.1, 0.15) is 0 Å². The molecule has 3 aromatic carbocycles. The van der Waals surface area contributed by atoms with Gasteiger partial charge in [-0.25, -0.2) is 4.98 Å². The minimum atomic E-state index is -0.955. The van der Waals surface area contributed by atoms with E-state index in [9.17, 15) is 15.0 Å². The van der Waals surface area contributed by atoms with Crippen molar-refractivity contribution >= 4 is 40.8 Å². The van der Waals surface area contributed by atoms with Crippen molar-refractivity contribution in [2.75, 3.05) is 5.75 Å². The largest absolute Gasteiger partial charge is 1.00 e. The summed E-state index contributed by atoms with van der Waals surface area (Å²) in [4.78, 5) is 16.2. The Morgan fingerprint density at radius 2 is 1.81 bits per heavy atom. The summed E-state index contributed by atoms with van der Waals surface area (Å²) in [5, 5.41) is 23.4. The molecule has 4 nitrogen and oxygen atoms in total. The van der Waals surface area contributed by atoms with E-state index in [0.29, 0.717) is 0 Å². The van der Waals surface area contributed by atoms with E-state index in [1.807, 2.05) is 49.9 Å². The Labute approximate surface area is 276 Å². The van der Waals surface area contributed by atoms with E-state index < -0.39 is 11.6 Å². The second kappa shape index (κ2) is 13.9. The fourth-order valence-corrected chi connectivity index (χ4v) is 7.05. The van der Waals surface area contributed by atoms with Crippen LogP contribution in [0.2, 0.25) is 0 Å². The molecule has 6 heteroatoms. The molecule has 1 N–H and O–H groups in total. The molecule has 1 aliphatic carbocycles. The van der Waals surface area contributed by atoms with E-state index in [2.05, 4.69) is 73.7 Å². The van der Waals surface area contributed by atoms with Gasteiger partial charge in [0.15, 0.2) is 0 Å². The fraction of sp³-hybridized carbons (Fsp3) is 0.333. The summed E-state index contributed by atoms with van der Waals surface area (Å²) in [5.74, 6) is -0.150. The number of thioether (sulfide) groups is 1. The van der Waals surface area contributed by atoms with Gasteiger partial charge in [-0.1, -0.05) is 72.8 Å². The molecule has 0 saturated heterocycles. The number of carbonyl (C=O) groups excluding carboxylic acids is 1. The minimum Gasteiger partial charge on any atom is -0.550 e. The number of hydrogen-bond donors (Lipinski definition) is 1. The van der Waals surface area contributed by atoms with Gasteiger partial charge in [-0.3, -0.25) is 0 Å². The molecule has 212 valence electrons. The normalized spacial score (nSPS) is 15.0. The van der Waals surface area contributed by atoms with Crippen molar-refractivity contribution in [3.8, 4) is 0 Å². The van der Waals surface area contributed by atoms with Gasteiger partial charge >= 0.3 is 29.6 Å². The molecule has 1 aromatic heterocycles. The average Bonchev–Trinajstić information content (AvgIpc) is 3.70. The third kappa shape index (κ3) is 8.58. The van der Waals surface area contributed by atoms with Crippen molar-refractivity contribution in [2.24, 2.45) is 5.41 Å². The maximum atomic E-state index is 11.4. The quantitative estimate of drug-likeness (QED) is 0.251. The molecule has 5 rings (SSSR count). The topological polar surface area (TPSA) is 73.2 Å². The number of aryl methyl sites for hydroxylation is 2. The van der Waals surface area contributed by atoms with Gasteiger partial charge in [0.2, 0.25) is 0 Å². The minimum absolute atomic E-state index is 0. The molecule has 0 spiro atoms. The molecule has 1 aliphatic rings. The van der Waals surface area contributed by atoms with Crippen molar-refractivity contribution in [2.45, 2.75) is 63.7 Å². The summed E-state index contributed by atoms with van der Waals surface area (Å²) in [7, 11) is 0. The third-order valence-corrected chi connectivity index (χ3v) is 9.71. The number of benzene rings is 3. The van der Waals surface area contributed by atoms with Gasteiger partial charge in [-0.15, -0.1) is 0 Å². The van der Waals surface area contributed by atoms with Gasteiger partial charge in [0, 0.05) is 16.6 Å². The number of carboxylic acid groups (broad SMARTS) is 1. The Bertz CT molecular complexity index is 1570. The number of aliphatic hydroxyl groups is 1. The zero-order valence-corrected chi connectivity index (χ0v) is 27.9. The maximum absolute atomic E-state index is 11.4. The number of rotatable bonds is 12. The van der Waals surface area contributed by atoms with Crippen molar-refractivity contribution in [1.29, 1.82) is 0 Å². The number of fused-ring (bicyclic) bond motifs is 1. The molecule has 42 heavy (non-hydrogen) atoms. The molecule has 1 fully saturated rings. The molecule has 0 unspecified atom stereocenters.